The Kier molecular flexibility index (Phi) is 7.59. The summed E-state index contributed by atoms with van der Waals surface area (Å²) in [6.07, 6.45) is 0.631. The minimum atomic E-state index is -0.949. The Bertz CT molecular complexity index is 570. The van der Waals surface area contributed by atoms with Crippen LogP contribution < -0.4 is 14.8 Å². The van der Waals surface area contributed by atoms with Gasteiger partial charge in [0.1, 0.15) is 0 Å². The molecule has 0 spiro atoms. The smallest absolute Gasteiger partial charge is 0.305 e. The second kappa shape index (κ2) is 9.45. The zero-order chi connectivity index (χ0) is 17.2. The Morgan fingerprint density at radius 1 is 1.17 bits per heavy atom. The van der Waals surface area contributed by atoms with Gasteiger partial charge in [-0.15, -0.1) is 0 Å². The van der Waals surface area contributed by atoms with E-state index in [2.05, 4.69) is 5.32 Å². The number of hydrogen-bond acceptors (Lipinski definition) is 5. The Morgan fingerprint density at radius 2 is 1.91 bits per heavy atom. The summed E-state index contributed by atoms with van der Waals surface area (Å²) < 4.78 is 10.7. The third-order valence-corrected chi connectivity index (χ3v) is 3.04. The van der Waals surface area contributed by atoms with E-state index in [1.807, 2.05) is 0 Å². The Labute approximate surface area is 134 Å². The average Bonchev–Trinajstić information content (AvgIpc) is 2.51. The minimum absolute atomic E-state index is 0.0621. The molecule has 0 unspecified atom stereocenters. The quantitative estimate of drug-likeness (QED) is 0.501. The van der Waals surface area contributed by atoms with Gasteiger partial charge in [-0.2, -0.15) is 0 Å². The van der Waals surface area contributed by atoms with Crippen LogP contribution in [-0.2, 0) is 9.59 Å². The number of ketones is 1. The van der Waals surface area contributed by atoms with Crippen molar-refractivity contribution in [2.75, 3.05) is 20.3 Å². The van der Waals surface area contributed by atoms with E-state index in [0.717, 1.165) is 0 Å². The number of hydrogen-bond donors (Lipinski definition) is 2. The van der Waals surface area contributed by atoms with Crippen molar-refractivity contribution in [3.05, 3.63) is 23.8 Å². The highest BCUT2D eigenvalue weighted by molar-refractivity contribution is 5.94. The lowest BCUT2D eigenvalue weighted by Gasteiger charge is -2.11. The first-order valence-corrected chi connectivity index (χ1v) is 7.24. The highest BCUT2D eigenvalue weighted by Gasteiger charge is 2.09. The largest absolute Gasteiger partial charge is 0.493 e. The number of amides is 1. The van der Waals surface area contributed by atoms with Crippen LogP contribution in [0, 0.1) is 0 Å². The number of aliphatic carboxylic acids is 1. The molecule has 0 saturated carbocycles. The van der Waals surface area contributed by atoms with Gasteiger partial charge in [-0.05, 0) is 31.5 Å². The van der Waals surface area contributed by atoms with Crippen molar-refractivity contribution in [2.45, 2.75) is 26.2 Å². The predicted octanol–water partition coefficient (Wildman–Crippen LogP) is 1.65. The normalized spacial score (nSPS) is 10.0. The summed E-state index contributed by atoms with van der Waals surface area (Å²) in [6.45, 7) is 1.90. The van der Waals surface area contributed by atoms with Gasteiger partial charge in [0.05, 0.1) is 20.1 Å². The Balaban J connectivity index is 2.37. The summed E-state index contributed by atoms with van der Waals surface area (Å²) in [5.41, 5.74) is 0.534. The molecule has 0 heterocycles. The molecule has 23 heavy (non-hydrogen) atoms. The van der Waals surface area contributed by atoms with Crippen LogP contribution in [-0.4, -0.2) is 43.0 Å². The topological polar surface area (TPSA) is 102 Å². The van der Waals surface area contributed by atoms with Crippen LogP contribution in [0.15, 0.2) is 18.2 Å². The molecule has 0 aliphatic heterocycles. The molecule has 0 radical (unpaired) electrons. The zero-order valence-corrected chi connectivity index (χ0v) is 13.3. The lowest BCUT2D eigenvalue weighted by atomic mass is 10.1. The maximum absolute atomic E-state index is 11.5. The molecule has 0 saturated heterocycles. The van der Waals surface area contributed by atoms with Crippen LogP contribution >= 0.6 is 0 Å². The van der Waals surface area contributed by atoms with Crippen LogP contribution in [0.1, 0.15) is 36.5 Å². The first kappa shape index (κ1) is 18.5. The number of carbonyl (C=O) groups excluding carboxylic acids is 2. The van der Waals surface area contributed by atoms with Gasteiger partial charge in [-0.25, -0.2) is 0 Å². The van der Waals surface area contributed by atoms with E-state index in [4.69, 9.17) is 14.6 Å². The third-order valence-electron chi connectivity index (χ3n) is 3.04. The Hall–Kier alpha value is -2.57. The van der Waals surface area contributed by atoms with Crippen LogP contribution in [0.3, 0.4) is 0 Å². The molecular weight excluding hydrogens is 302 g/mol. The molecule has 0 bridgehead atoms. The summed E-state index contributed by atoms with van der Waals surface area (Å²) in [5, 5.41) is 11.0. The van der Waals surface area contributed by atoms with Crippen LogP contribution in [0.2, 0.25) is 0 Å². The SMILES string of the molecule is COc1cc(C(C)=O)ccc1OCCCC(=O)NCCC(=O)O. The van der Waals surface area contributed by atoms with E-state index in [-0.39, 0.29) is 31.1 Å². The van der Waals surface area contributed by atoms with E-state index < -0.39 is 5.97 Å². The van der Waals surface area contributed by atoms with E-state index >= 15 is 0 Å². The van der Waals surface area contributed by atoms with Crippen LogP contribution in [0.5, 0.6) is 11.5 Å². The number of nitrogens with one attached hydrogen (secondary N) is 1. The van der Waals surface area contributed by atoms with Crippen molar-refractivity contribution < 1.29 is 29.0 Å². The lowest BCUT2D eigenvalue weighted by Crippen LogP contribution is -2.26. The second-order valence-electron chi connectivity index (χ2n) is 4.87. The number of ether oxygens (including phenoxy) is 2. The van der Waals surface area contributed by atoms with Gasteiger partial charge in [0, 0.05) is 18.5 Å². The molecule has 1 aromatic rings. The molecular formula is C16H21NO6. The molecule has 0 aliphatic rings. The van der Waals surface area contributed by atoms with Crippen molar-refractivity contribution >= 4 is 17.7 Å². The highest BCUT2D eigenvalue weighted by atomic mass is 16.5. The molecule has 2 N–H and O–H groups in total. The summed E-state index contributed by atoms with van der Waals surface area (Å²) in [7, 11) is 1.49. The molecule has 7 heteroatoms. The minimum Gasteiger partial charge on any atom is -0.493 e. The van der Waals surface area contributed by atoms with Gasteiger partial charge in [-0.3, -0.25) is 14.4 Å². The first-order valence-electron chi connectivity index (χ1n) is 7.24. The van der Waals surface area contributed by atoms with Crippen molar-refractivity contribution in [3.63, 3.8) is 0 Å². The van der Waals surface area contributed by atoms with Gasteiger partial charge in [-0.1, -0.05) is 0 Å². The summed E-state index contributed by atoms with van der Waals surface area (Å²) in [5.74, 6) is -0.260. The first-order chi connectivity index (χ1) is 10.9. The maximum atomic E-state index is 11.5. The standard InChI is InChI=1S/C16H21NO6/c1-11(18)12-5-6-13(14(10-12)22-2)23-9-3-4-15(19)17-8-7-16(20)21/h5-6,10H,3-4,7-9H2,1-2H3,(H,17,19)(H,20,21). The fourth-order valence-electron chi connectivity index (χ4n) is 1.82. The van der Waals surface area contributed by atoms with E-state index in [9.17, 15) is 14.4 Å². The molecule has 126 valence electrons. The fourth-order valence-corrected chi connectivity index (χ4v) is 1.82. The van der Waals surface area contributed by atoms with E-state index in [1.54, 1.807) is 18.2 Å². The van der Waals surface area contributed by atoms with Crippen molar-refractivity contribution in [3.8, 4) is 11.5 Å². The number of Topliss-reactive ketones (excluding diaryl/α,β-unsaturated/α-hetero) is 1. The number of carboxylic acids is 1. The number of benzene rings is 1. The Morgan fingerprint density at radius 3 is 2.52 bits per heavy atom. The molecule has 7 nitrogen and oxygen atoms in total. The van der Waals surface area contributed by atoms with E-state index in [0.29, 0.717) is 30.1 Å². The van der Waals surface area contributed by atoms with Gasteiger partial charge >= 0.3 is 5.97 Å². The number of carboxylic acid groups (broad SMARTS) is 1. The second-order valence-corrected chi connectivity index (χ2v) is 4.87. The van der Waals surface area contributed by atoms with Gasteiger partial charge in [0.2, 0.25) is 5.91 Å². The number of rotatable bonds is 10. The van der Waals surface area contributed by atoms with Gasteiger partial charge in [0.15, 0.2) is 17.3 Å². The van der Waals surface area contributed by atoms with Crippen LogP contribution in [0.4, 0.5) is 0 Å². The fraction of sp³-hybridized carbons (Fsp3) is 0.438. The van der Waals surface area contributed by atoms with Crippen LogP contribution in [0.25, 0.3) is 0 Å². The maximum Gasteiger partial charge on any atom is 0.305 e. The third kappa shape index (κ3) is 6.82. The molecule has 0 atom stereocenters. The zero-order valence-electron chi connectivity index (χ0n) is 13.3. The predicted molar refractivity (Wildman–Crippen MR) is 83.0 cm³/mol. The van der Waals surface area contributed by atoms with E-state index in [1.165, 1.54) is 14.0 Å². The summed E-state index contributed by atoms with van der Waals surface area (Å²) >= 11 is 0. The van der Waals surface area contributed by atoms with Crippen molar-refractivity contribution in [2.24, 2.45) is 0 Å². The molecule has 1 rings (SSSR count). The van der Waals surface area contributed by atoms with Gasteiger partial charge in [0.25, 0.3) is 0 Å². The number of methoxy groups -OCH3 is 1. The molecule has 0 aliphatic carbocycles. The number of carbonyl (C=O) groups is 3. The molecule has 1 amide bonds. The monoisotopic (exact) mass is 323 g/mol. The lowest BCUT2D eigenvalue weighted by molar-refractivity contribution is -0.136. The molecule has 0 fully saturated rings. The molecule has 1 aromatic carbocycles. The summed E-state index contributed by atoms with van der Waals surface area (Å²) in [6, 6.07) is 4.91. The van der Waals surface area contributed by atoms with Crippen molar-refractivity contribution in [1.29, 1.82) is 0 Å². The summed E-state index contributed by atoms with van der Waals surface area (Å²) in [4.78, 5) is 33.1. The highest BCUT2D eigenvalue weighted by Crippen LogP contribution is 2.28. The average molecular weight is 323 g/mol. The molecule has 0 aromatic heterocycles. The van der Waals surface area contributed by atoms with Crippen molar-refractivity contribution in [1.82, 2.24) is 5.32 Å². The van der Waals surface area contributed by atoms with Gasteiger partial charge < -0.3 is 19.9 Å².